The summed E-state index contributed by atoms with van der Waals surface area (Å²) >= 11 is 0. The molecule has 0 bridgehead atoms. The summed E-state index contributed by atoms with van der Waals surface area (Å²) in [5.41, 5.74) is 1.67. The van der Waals surface area contributed by atoms with Crippen molar-refractivity contribution in [2.24, 2.45) is 0 Å². The van der Waals surface area contributed by atoms with E-state index in [2.05, 4.69) is 20.6 Å². The van der Waals surface area contributed by atoms with Crippen LogP contribution in [0.4, 0.5) is 20.6 Å². The van der Waals surface area contributed by atoms with Crippen LogP contribution in [-0.2, 0) is 20.8 Å². The Hall–Kier alpha value is -3.58. The molecule has 0 radical (unpaired) electrons. The Morgan fingerprint density at radius 2 is 1.94 bits per heavy atom. The summed E-state index contributed by atoms with van der Waals surface area (Å²) in [6.07, 6.45) is 5.43. The Labute approximate surface area is 200 Å². The first-order valence-electron chi connectivity index (χ1n) is 11.7. The number of anilines is 2. The fourth-order valence-corrected chi connectivity index (χ4v) is 4.76. The number of halogens is 1. The van der Waals surface area contributed by atoms with Crippen LogP contribution in [0, 0.1) is 5.82 Å². The van der Waals surface area contributed by atoms with Crippen LogP contribution in [-0.4, -0.2) is 75.0 Å². The number of nitrogens with zero attached hydrogens (tertiary/aromatic N) is 8. The summed E-state index contributed by atoms with van der Waals surface area (Å²) in [4.78, 5) is 15.8. The molecule has 0 N–H and O–H groups in total. The van der Waals surface area contributed by atoms with Gasteiger partial charge in [0, 0.05) is 19.3 Å². The number of rotatable bonds is 6. The first kappa shape index (κ1) is 21.9. The maximum atomic E-state index is 15.1. The van der Waals surface area contributed by atoms with Crippen molar-refractivity contribution in [2.75, 3.05) is 42.6 Å². The summed E-state index contributed by atoms with van der Waals surface area (Å²) in [5, 5.41) is 16.1. The minimum atomic E-state index is -0.497. The second-order valence-electron chi connectivity index (χ2n) is 8.79. The maximum Gasteiger partial charge on any atom is 0.414 e. The van der Waals surface area contributed by atoms with Crippen LogP contribution in [0.5, 0.6) is 0 Å². The Balaban J connectivity index is 1.07. The van der Waals surface area contributed by atoms with Gasteiger partial charge in [0.2, 0.25) is 6.29 Å². The number of amides is 1. The number of piperidine rings is 1. The second kappa shape index (κ2) is 9.23. The molecule has 0 aliphatic carbocycles. The third-order valence-corrected chi connectivity index (χ3v) is 6.55. The predicted molar refractivity (Wildman–Crippen MR) is 119 cm³/mol. The summed E-state index contributed by atoms with van der Waals surface area (Å²) in [7, 11) is 0. The highest BCUT2D eigenvalue weighted by molar-refractivity contribution is 5.90. The highest BCUT2D eigenvalue weighted by Crippen LogP contribution is 2.32. The third kappa shape index (κ3) is 4.44. The summed E-state index contributed by atoms with van der Waals surface area (Å²) in [6, 6.07) is 5.06. The molecule has 3 saturated heterocycles. The van der Waals surface area contributed by atoms with Crippen LogP contribution in [0.2, 0.25) is 0 Å². The Bertz CT molecular complexity index is 1170. The van der Waals surface area contributed by atoms with E-state index >= 15 is 4.39 Å². The molecule has 1 amide bonds. The molecule has 0 spiro atoms. The van der Waals surface area contributed by atoms with Crippen molar-refractivity contribution < 1.29 is 23.4 Å². The first-order chi connectivity index (χ1) is 17.1. The van der Waals surface area contributed by atoms with E-state index in [1.54, 1.807) is 29.2 Å². The van der Waals surface area contributed by atoms with Crippen LogP contribution >= 0.6 is 0 Å². The van der Waals surface area contributed by atoms with Crippen molar-refractivity contribution >= 4 is 17.5 Å². The minimum Gasteiger partial charge on any atom is -0.442 e. The molecular formula is C22H25FN8O4. The van der Waals surface area contributed by atoms with Crippen LogP contribution in [0.15, 0.2) is 36.8 Å². The third-order valence-electron chi connectivity index (χ3n) is 6.55. The summed E-state index contributed by atoms with van der Waals surface area (Å²) in [5.74, 6) is -0.368. The van der Waals surface area contributed by atoms with Crippen molar-refractivity contribution in [1.82, 2.24) is 30.0 Å². The van der Waals surface area contributed by atoms with E-state index < -0.39 is 12.4 Å². The van der Waals surface area contributed by atoms with Gasteiger partial charge in [-0.15, -0.1) is 10.2 Å². The monoisotopic (exact) mass is 484 g/mol. The van der Waals surface area contributed by atoms with E-state index in [0.29, 0.717) is 56.5 Å². The van der Waals surface area contributed by atoms with Crippen LogP contribution in [0.1, 0.15) is 30.9 Å². The van der Waals surface area contributed by atoms with Gasteiger partial charge >= 0.3 is 6.09 Å². The standard InChI is InChI=1S/C22H25FN8O4/c23-18-11-16(30-13-17(35-22(30)32)12-29-8-5-24-26-29)1-2-20(18)28-6-3-15(4-7-28)31-14-19(25-27-31)21-33-9-10-34-21/h1-2,5,8,11,14-15,17,21H,3-4,6-7,9-10,12-13H2/t17-/m0/s1. The average Bonchev–Trinajstić information content (AvgIpc) is 3.67. The van der Waals surface area contributed by atoms with Crippen LogP contribution in [0.3, 0.4) is 0 Å². The minimum absolute atomic E-state index is 0.178. The Kier molecular flexibility index (Phi) is 5.78. The van der Waals surface area contributed by atoms with E-state index in [1.165, 1.54) is 11.0 Å². The van der Waals surface area contributed by atoms with Crippen molar-refractivity contribution in [1.29, 1.82) is 0 Å². The highest BCUT2D eigenvalue weighted by atomic mass is 19.1. The molecule has 1 aromatic carbocycles. The van der Waals surface area contributed by atoms with Crippen molar-refractivity contribution in [3.8, 4) is 0 Å². The molecule has 0 unspecified atom stereocenters. The van der Waals surface area contributed by atoms with E-state index in [-0.39, 0.29) is 18.0 Å². The summed E-state index contributed by atoms with van der Waals surface area (Å²) in [6.45, 7) is 3.19. The summed E-state index contributed by atoms with van der Waals surface area (Å²) < 4.78 is 35.0. The van der Waals surface area contributed by atoms with Gasteiger partial charge in [0.1, 0.15) is 17.6 Å². The molecule has 35 heavy (non-hydrogen) atoms. The number of carbonyl (C=O) groups is 1. The molecule has 3 aliphatic heterocycles. The van der Waals surface area contributed by atoms with Gasteiger partial charge in [0.15, 0.2) is 0 Å². The van der Waals surface area contributed by atoms with Gasteiger partial charge in [0.05, 0.1) is 56.1 Å². The molecular weight excluding hydrogens is 459 g/mol. The van der Waals surface area contributed by atoms with Crippen molar-refractivity contribution in [3.63, 3.8) is 0 Å². The zero-order chi connectivity index (χ0) is 23.8. The lowest BCUT2D eigenvalue weighted by molar-refractivity contribution is -0.0473. The molecule has 13 heteroatoms. The molecule has 5 heterocycles. The lowest BCUT2D eigenvalue weighted by Gasteiger charge is -2.33. The van der Waals surface area contributed by atoms with Gasteiger partial charge in [-0.3, -0.25) is 4.90 Å². The SMILES string of the molecule is O=C1O[C@@H](Cn2ccnn2)CN1c1ccc(N2CCC(n3cc(C4OCCO4)nn3)CC2)c(F)c1. The number of hydrogen-bond donors (Lipinski definition) is 0. The fraction of sp³-hybridized carbons (Fsp3) is 0.500. The zero-order valence-corrected chi connectivity index (χ0v) is 18.9. The average molecular weight is 484 g/mol. The lowest BCUT2D eigenvalue weighted by Crippen LogP contribution is -2.35. The van der Waals surface area contributed by atoms with Crippen LogP contribution in [0.25, 0.3) is 0 Å². The quantitative estimate of drug-likeness (QED) is 0.518. The van der Waals surface area contributed by atoms with E-state index in [9.17, 15) is 4.79 Å². The molecule has 3 aromatic rings. The molecule has 184 valence electrons. The molecule has 2 aromatic heterocycles. The molecule has 0 saturated carbocycles. The van der Waals surface area contributed by atoms with E-state index in [0.717, 1.165) is 12.8 Å². The number of benzene rings is 1. The van der Waals surface area contributed by atoms with E-state index in [1.807, 2.05) is 15.8 Å². The highest BCUT2D eigenvalue weighted by Gasteiger charge is 2.33. The van der Waals surface area contributed by atoms with Gasteiger partial charge in [-0.25, -0.2) is 18.5 Å². The zero-order valence-electron chi connectivity index (χ0n) is 18.9. The maximum absolute atomic E-state index is 15.1. The number of ether oxygens (including phenoxy) is 3. The smallest absolute Gasteiger partial charge is 0.414 e. The Morgan fingerprint density at radius 1 is 1.11 bits per heavy atom. The number of carbonyl (C=O) groups excluding carboxylic acids is 1. The number of aromatic nitrogens is 6. The molecule has 3 aliphatic rings. The van der Waals surface area contributed by atoms with Gasteiger partial charge in [-0.2, -0.15) is 0 Å². The van der Waals surface area contributed by atoms with Gasteiger partial charge in [0.25, 0.3) is 0 Å². The Morgan fingerprint density at radius 3 is 2.69 bits per heavy atom. The normalized spacial score (nSPS) is 21.7. The number of cyclic esters (lactones) is 1. The molecule has 3 fully saturated rings. The van der Waals surface area contributed by atoms with Crippen LogP contribution < -0.4 is 9.80 Å². The fourth-order valence-electron chi connectivity index (χ4n) is 4.76. The molecule has 12 nitrogen and oxygen atoms in total. The lowest BCUT2D eigenvalue weighted by atomic mass is 10.0. The molecule has 6 rings (SSSR count). The van der Waals surface area contributed by atoms with E-state index in [4.69, 9.17) is 14.2 Å². The largest absolute Gasteiger partial charge is 0.442 e. The topological polar surface area (TPSA) is 113 Å². The van der Waals surface area contributed by atoms with Crippen molar-refractivity contribution in [2.45, 2.75) is 37.8 Å². The predicted octanol–water partition coefficient (Wildman–Crippen LogP) is 1.92. The first-order valence-corrected chi connectivity index (χ1v) is 11.7. The van der Waals surface area contributed by atoms with Gasteiger partial charge < -0.3 is 19.1 Å². The van der Waals surface area contributed by atoms with Gasteiger partial charge in [-0.05, 0) is 31.0 Å². The second-order valence-corrected chi connectivity index (χ2v) is 8.79. The van der Waals surface area contributed by atoms with Gasteiger partial charge in [-0.1, -0.05) is 10.4 Å². The van der Waals surface area contributed by atoms with Crippen molar-refractivity contribution in [3.05, 3.63) is 48.3 Å². The molecule has 1 atom stereocenters. The number of hydrogen-bond acceptors (Lipinski definition) is 9.